The molecule has 1 rings (SSSR count). The van der Waals surface area contributed by atoms with Gasteiger partial charge < -0.3 is 9.42 Å². The fourth-order valence-electron chi connectivity index (χ4n) is 3.01. The Labute approximate surface area is 210 Å². The van der Waals surface area contributed by atoms with Crippen molar-refractivity contribution >= 4 is 7.60 Å². The van der Waals surface area contributed by atoms with E-state index in [1.165, 1.54) is 50.5 Å². The van der Waals surface area contributed by atoms with E-state index in [0.717, 1.165) is 12.8 Å². The van der Waals surface area contributed by atoms with E-state index >= 15 is 0 Å². The average molecular weight is 421 g/mol. The molecule has 0 saturated carbocycles. The topological polar surface area (TPSA) is 49.4 Å². The van der Waals surface area contributed by atoms with Crippen molar-refractivity contribution in [1.29, 1.82) is 0 Å². The Morgan fingerprint density at radius 1 is 0.852 bits per heavy atom. The van der Waals surface area contributed by atoms with Crippen LogP contribution in [-0.2, 0) is 9.98 Å². The van der Waals surface area contributed by atoms with Crippen molar-refractivity contribution in [3.63, 3.8) is 0 Å². The Morgan fingerprint density at radius 2 is 1.30 bits per heavy atom. The maximum absolute atomic E-state index is 12.1. The summed E-state index contributed by atoms with van der Waals surface area (Å²) in [4.78, 5) is 12.1. The third kappa shape index (κ3) is 13.6. The van der Waals surface area contributed by atoms with Crippen LogP contribution in [0.15, 0.2) is 24.3 Å². The molecule has 0 bridgehead atoms. The predicted octanol–water partition coefficient (Wildman–Crippen LogP) is 3.84. The molecule has 1 atom stereocenters. The first-order valence-electron chi connectivity index (χ1n) is 10.3. The molecule has 0 spiro atoms. The molecule has 0 aliphatic carbocycles. The van der Waals surface area contributed by atoms with Crippen LogP contribution in [0, 0.1) is 0 Å². The third-order valence-electron chi connectivity index (χ3n) is 4.75. The molecule has 0 aliphatic rings. The Balaban J connectivity index is 0.00000676. The standard InChI is InChI=1S/C22H39O3P.K/c1-5-6-7-8-9-10-11-12-13-14-19-26(23,24)25-21-17-15-20(16-18-21)22(2,3)4;/h15-18H,5-14,19H2,1-4H3,(H,23,24);/q;+1/p-1. The van der Waals surface area contributed by atoms with E-state index in [4.69, 9.17) is 4.52 Å². The molecule has 0 amide bonds. The van der Waals surface area contributed by atoms with Crippen molar-refractivity contribution in [2.45, 2.75) is 97.3 Å². The number of benzene rings is 1. The van der Waals surface area contributed by atoms with Gasteiger partial charge >= 0.3 is 51.4 Å². The van der Waals surface area contributed by atoms with Gasteiger partial charge in [0.05, 0.1) is 0 Å². The maximum Gasteiger partial charge on any atom is 1.00 e. The normalized spacial score (nSPS) is 13.7. The van der Waals surface area contributed by atoms with E-state index < -0.39 is 7.60 Å². The second kappa shape index (κ2) is 14.8. The van der Waals surface area contributed by atoms with Crippen molar-refractivity contribution in [3.05, 3.63) is 29.8 Å². The molecule has 3 nitrogen and oxygen atoms in total. The zero-order valence-electron chi connectivity index (χ0n) is 18.3. The van der Waals surface area contributed by atoms with Crippen molar-refractivity contribution in [2.75, 3.05) is 6.16 Å². The van der Waals surface area contributed by atoms with E-state index in [1.807, 2.05) is 12.1 Å². The van der Waals surface area contributed by atoms with Crippen LogP contribution < -0.4 is 60.8 Å². The summed E-state index contributed by atoms with van der Waals surface area (Å²) >= 11 is 0. The minimum absolute atomic E-state index is 0. The van der Waals surface area contributed by atoms with Gasteiger partial charge in [0, 0.05) is 6.16 Å². The van der Waals surface area contributed by atoms with Gasteiger partial charge in [-0.2, -0.15) is 0 Å². The van der Waals surface area contributed by atoms with Gasteiger partial charge in [-0.05, 0) is 29.5 Å². The van der Waals surface area contributed by atoms with Gasteiger partial charge in [-0.15, -0.1) is 0 Å². The molecule has 27 heavy (non-hydrogen) atoms. The summed E-state index contributed by atoms with van der Waals surface area (Å²) in [6.07, 6.45) is 12.0. The van der Waals surface area contributed by atoms with E-state index in [2.05, 4.69) is 27.7 Å². The molecule has 1 aromatic carbocycles. The van der Waals surface area contributed by atoms with E-state index in [1.54, 1.807) is 12.1 Å². The Bertz CT molecular complexity index is 537. The van der Waals surface area contributed by atoms with Crippen molar-refractivity contribution in [2.24, 2.45) is 0 Å². The molecule has 0 radical (unpaired) electrons. The Morgan fingerprint density at radius 3 is 1.74 bits per heavy atom. The van der Waals surface area contributed by atoms with Crippen LogP contribution in [-0.4, -0.2) is 6.16 Å². The molecule has 0 saturated heterocycles. The van der Waals surface area contributed by atoms with Gasteiger partial charge in [-0.1, -0.05) is 97.6 Å². The van der Waals surface area contributed by atoms with E-state index in [0.29, 0.717) is 12.2 Å². The SMILES string of the molecule is CCCCCCCCCCCCP(=O)([O-])Oc1ccc(C(C)(C)C)cc1.[K+]. The summed E-state index contributed by atoms with van der Waals surface area (Å²) in [5, 5.41) is 0. The van der Waals surface area contributed by atoms with Crippen molar-refractivity contribution < 1.29 is 65.4 Å². The van der Waals surface area contributed by atoms with Crippen LogP contribution in [0.4, 0.5) is 0 Å². The van der Waals surface area contributed by atoms with Gasteiger partial charge in [-0.25, -0.2) is 0 Å². The van der Waals surface area contributed by atoms with Crippen molar-refractivity contribution in [1.82, 2.24) is 0 Å². The number of hydrogen-bond donors (Lipinski definition) is 0. The molecular formula is C22H38KO3P. The van der Waals surface area contributed by atoms with Gasteiger partial charge in [0.25, 0.3) is 0 Å². The van der Waals surface area contributed by atoms with Crippen LogP contribution in [0.5, 0.6) is 5.75 Å². The molecule has 5 heteroatoms. The summed E-state index contributed by atoms with van der Waals surface area (Å²) in [6.45, 7) is 8.63. The van der Waals surface area contributed by atoms with E-state index in [9.17, 15) is 9.46 Å². The van der Waals surface area contributed by atoms with Gasteiger partial charge in [0.15, 0.2) is 7.60 Å². The van der Waals surface area contributed by atoms with Crippen molar-refractivity contribution in [3.8, 4) is 5.75 Å². The van der Waals surface area contributed by atoms with Crippen LogP contribution in [0.3, 0.4) is 0 Å². The molecule has 0 fully saturated rings. The predicted molar refractivity (Wildman–Crippen MR) is 110 cm³/mol. The zero-order valence-corrected chi connectivity index (χ0v) is 22.3. The zero-order chi connectivity index (χ0) is 19.5. The first kappa shape index (κ1) is 27.8. The largest absolute Gasteiger partial charge is 1.00 e. The minimum Gasteiger partial charge on any atom is -0.769 e. The second-order valence-electron chi connectivity index (χ2n) is 8.38. The Kier molecular flexibility index (Phi) is 15.2. The first-order chi connectivity index (χ1) is 12.2. The summed E-state index contributed by atoms with van der Waals surface area (Å²) in [5.41, 5.74) is 1.22. The van der Waals surface area contributed by atoms with Gasteiger partial charge in [-0.3, -0.25) is 4.57 Å². The quantitative estimate of drug-likeness (QED) is 0.277. The molecular weight excluding hydrogens is 382 g/mol. The maximum atomic E-state index is 12.1. The number of unbranched alkanes of at least 4 members (excludes halogenated alkanes) is 9. The Hall–Kier alpha value is 0.846. The van der Waals surface area contributed by atoms with Crippen LogP contribution >= 0.6 is 7.60 Å². The molecule has 0 aliphatic heterocycles. The van der Waals surface area contributed by atoms with E-state index in [-0.39, 0.29) is 63.0 Å². The fraction of sp³-hybridized carbons (Fsp3) is 0.727. The smallest absolute Gasteiger partial charge is 0.769 e. The van der Waals surface area contributed by atoms with Gasteiger partial charge in [0.1, 0.15) is 5.75 Å². The fourth-order valence-corrected chi connectivity index (χ4v) is 4.16. The monoisotopic (exact) mass is 420 g/mol. The number of rotatable bonds is 13. The van der Waals surface area contributed by atoms with Crippen LogP contribution in [0.2, 0.25) is 0 Å². The van der Waals surface area contributed by atoms with Crippen LogP contribution in [0.1, 0.15) is 97.5 Å². The molecule has 0 aromatic heterocycles. The summed E-state index contributed by atoms with van der Waals surface area (Å²) in [5.74, 6) is 0.420. The molecule has 1 aromatic rings. The molecule has 0 heterocycles. The first-order valence-corrected chi connectivity index (χ1v) is 12.1. The van der Waals surface area contributed by atoms with Crippen LogP contribution in [0.25, 0.3) is 0 Å². The molecule has 1 unspecified atom stereocenters. The minimum atomic E-state index is -3.79. The molecule has 0 N–H and O–H groups in total. The average Bonchev–Trinajstić information content (AvgIpc) is 2.56. The summed E-state index contributed by atoms with van der Waals surface area (Å²) in [6, 6.07) is 7.39. The third-order valence-corrected chi connectivity index (χ3v) is 6.10. The summed E-state index contributed by atoms with van der Waals surface area (Å²) < 4.78 is 17.4. The second-order valence-corrected chi connectivity index (χ2v) is 10.2. The van der Waals surface area contributed by atoms with Gasteiger partial charge in [0.2, 0.25) is 0 Å². The molecule has 150 valence electrons. The summed E-state index contributed by atoms with van der Waals surface area (Å²) in [7, 11) is -3.79. The number of hydrogen-bond acceptors (Lipinski definition) is 3.